The van der Waals surface area contributed by atoms with Crippen molar-refractivity contribution < 1.29 is 9.53 Å². The Hall–Kier alpha value is -1.77. The van der Waals surface area contributed by atoms with Crippen LogP contribution in [0.2, 0.25) is 0 Å². The van der Waals surface area contributed by atoms with Gasteiger partial charge in [-0.1, -0.05) is 30.3 Å². The van der Waals surface area contributed by atoms with Gasteiger partial charge in [-0.3, -0.25) is 4.90 Å². The maximum absolute atomic E-state index is 11.9. The molecule has 0 bridgehead atoms. The molecule has 1 aromatic carbocycles. The number of rotatable bonds is 0. The van der Waals surface area contributed by atoms with Crippen molar-refractivity contribution in [3.8, 4) is 0 Å². The summed E-state index contributed by atoms with van der Waals surface area (Å²) in [6.45, 7) is 6.16. The highest BCUT2D eigenvalue weighted by Crippen LogP contribution is 2.10. The molecule has 0 unspecified atom stereocenters. The number of nitrogens with zero attached hydrogens (tertiary/aromatic N) is 1. The van der Waals surface area contributed by atoms with Crippen molar-refractivity contribution >= 4 is 18.4 Å². The van der Waals surface area contributed by atoms with Gasteiger partial charge < -0.3 is 4.74 Å². The van der Waals surface area contributed by atoms with E-state index in [0.717, 1.165) is 10.4 Å². The lowest BCUT2D eigenvalue weighted by atomic mass is 10.2. The first kappa shape index (κ1) is 11.7. The van der Waals surface area contributed by atoms with Crippen LogP contribution in [0.1, 0.15) is 20.8 Å². The van der Waals surface area contributed by atoms with Gasteiger partial charge in [0.25, 0.3) is 0 Å². The maximum Gasteiger partial charge on any atom is 0.414 e. The van der Waals surface area contributed by atoms with Crippen LogP contribution in [0.3, 0.4) is 0 Å². The normalized spacial score (nSPS) is 14.4. The molecular formula is C14H17NO2. The Bertz CT molecular complexity index is 540. The molecule has 0 spiro atoms. The molecule has 17 heavy (non-hydrogen) atoms. The lowest BCUT2D eigenvalue weighted by molar-refractivity contribution is 0.0380. The minimum atomic E-state index is -0.456. The van der Waals surface area contributed by atoms with Crippen LogP contribution in [0.15, 0.2) is 24.3 Å². The Balaban J connectivity index is 2.23. The number of benzene rings is 1. The lowest BCUT2D eigenvalue weighted by Gasteiger charge is -2.25. The lowest BCUT2D eigenvalue weighted by Crippen LogP contribution is -2.40. The van der Waals surface area contributed by atoms with Crippen molar-refractivity contribution in [3.05, 3.63) is 34.7 Å². The fraction of sp³-hybridized carbons (Fsp3) is 0.357. The van der Waals surface area contributed by atoms with E-state index in [1.807, 2.05) is 57.3 Å². The molecule has 1 aliphatic rings. The Morgan fingerprint density at radius 1 is 1.24 bits per heavy atom. The van der Waals surface area contributed by atoms with Crippen molar-refractivity contribution in [1.82, 2.24) is 4.90 Å². The van der Waals surface area contributed by atoms with Crippen LogP contribution in [0, 0.1) is 0 Å². The largest absolute Gasteiger partial charge is 0.443 e. The average Bonchev–Trinajstić information content (AvgIpc) is 2.26. The smallest absolute Gasteiger partial charge is 0.414 e. The predicted octanol–water partition coefficient (Wildman–Crippen LogP) is 1.46. The molecule has 2 rings (SSSR count). The fourth-order valence-corrected chi connectivity index (χ4v) is 1.68. The van der Waals surface area contributed by atoms with Gasteiger partial charge in [0.1, 0.15) is 5.60 Å². The van der Waals surface area contributed by atoms with Gasteiger partial charge in [-0.2, -0.15) is 0 Å². The molecule has 0 atom stereocenters. The molecule has 0 saturated heterocycles. The molecular weight excluding hydrogens is 214 g/mol. The number of carbonyl (C=O) groups is 1. The molecule has 1 aliphatic heterocycles. The number of hydrogen-bond acceptors (Lipinski definition) is 2. The second kappa shape index (κ2) is 4.24. The third-order valence-electron chi connectivity index (χ3n) is 2.43. The van der Waals surface area contributed by atoms with Crippen LogP contribution in [0.25, 0.3) is 12.3 Å². The van der Waals surface area contributed by atoms with Crippen LogP contribution in [-0.4, -0.2) is 23.1 Å². The van der Waals surface area contributed by atoms with Crippen molar-refractivity contribution in [1.29, 1.82) is 0 Å². The van der Waals surface area contributed by atoms with E-state index in [4.69, 9.17) is 4.74 Å². The van der Waals surface area contributed by atoms with Crippen molar-refractivity contribution in [3.63, 3.8) is 0 Å². The Kier molecular flexibility index (Phi) is 2.92. The third-order valence-corrected chi connectivity index (χ3v) is 2.43. The minimum absolute atomic E-state index is 0.303. The van der Waals surface area contributed by atoms with Crippen LogP contribution >= 0.6 is 0 Å². The van der Waals surface area contributed by atoms with Gasteiger partial charge in [-0.05, 0) is 31.2 Å². The molecule has 0 aromatic heterocycles. The molecule has 0 saturated carbocycles. The van der Waals surface area contributed by atoms with Crippen molar-refractivity contribution in [2.75, 3.05) is 6.54 Å². The summed E-state index contributed by atoms with van der Waals surface area (Å²) < 4.78 is 5.33. The molecule has 90 valence electrons. The number of hydrogen-bond donors (Lipinski definition) is 0. The highest BCUT2D eigenvalue weighted by molar-refractivity contribution is 5.74. The molecule has 0 fully saturated rings. The number of fused-ring (bicyclic) bond motifs is 1. The van der Waals surface area contributed by atoms with Gasteiger partial charge in [0.05, 0.1) is 0 Å². The Morgan fingerprint density at radius 3 is 2.53 bits per heavy atom. The minimum Gasteiger partial charge on any atom is -0.443 e. The summed E-state index contributed by atoms with van der Waals surface area (Å²) in [4.78, 5) is 13.5. The monoisotopic (exact) mass is 231 g/mol. The summed E-state index contributed by atoms with van der Waals surface area (Å²) in [5, 5.41) is 2.21. The Labute approximate surface area is 101 Å². The summed E-state index contributed by atoms with van der Waals surface area (Å²) in [6.07, 6.45) is 3.56. The maximum atomic E-state index is 11.9. The van der Waals surface area contributed by atoms with E-state index in [1.165, 1.54) is 0 Å². The zero-order chi connectivity index (χ0) is 12.5. The first-order valence-corrected chi connectivity index (χ1v) is 5.72. The Morgan fingerprint density at radius 2 is 1.88 bits per heavy atom. The van der Waals surface area contributed by atoms with Crippen molar-refractivity contribution in [2.24, 2.45) is 0 Å². The molecule has 1 heterocycles. The standard InChI is InChI=1S/C14H17NO2/c1-14(2,3)17-13(16)15-9-8-11-6-4-5-7-12(11)10-15/h4-8,10H,9H2,1-3H3. The zero-order valence-electron chi connectivity index (χ0n) is 10.4. The van der Waals surface area contributed by atoms with E-state index in [1.54, 1.807) is 4.90 Å². The molecule has 3 nitrogen and oxygen atoms in total. The first-order valence-electron chi connectivity index (χ1n) is 5.72. The van der Waals surface area contributed by atoms with Gasteiger partial charge in [-0.25, -0.2) is 4.79 Å². The summed E-state index contributed by atoms with van der Waals surface area (Å²) in [5.41, 5.74) is -0.456. The fourth-order valence-electron chi connectivity index (χ4n) is 1.68. The van der Waals surface area contributed by atoms with E-state index in [-0.39, 0.29) is 6.09 Å². The highest BCUT2D eigenvalue weighted by atomic mass is 16.6. The molecule has 0 aliphatic carbocycles. The van der Waals surface area contributed by atoms with Gasteiger partial charge >= 0.3 is 6.09 Å². The quantitative estimate of drug-likeness (QED) is 0.676. The van der Waals surface area contributed by atoms with Crippen LogP contribution in [0.5, 0.6) is 0 Å². The number of ether oxygens (including phenoxy) is 1. The van der Waals surface area contributed by atoms with E-state index < -0.39 is 5.60 Å². The molecule has 0 radical (unpaired) electrons. The summed E-state index contributed by atoms with van der Waals surface area (Å²) >= 11 is 0. The van der Waals surface area contributed by atoms with Crippen LogP contribution in [0.4, 0.5) is 4.79 Å². The third kappa shape index (κ3) is 2.87. The van der Waals surface area contributed by atoms with E-state index in [2.05, 4.69) is 0 Å². The highest BCUT2D eigenvalue weighted by Gasteiger charge is 2.20. The zero-order valence-corrected chi connectivity index (χ0v) is 10.4. The number of amides is 1. The van der Waals surface area contributed by atoms with Crippen LogP contribution < -0.4 is 10.4 Å². The number of carbonyl (C=O) groups excluding carboxylic acids is 1. The summed E-state index contributed by atoms with van der Waals surface area (Å²) in [6, 6.07) is 7.98. The van der Waals surface area contributed by atoms with Gasteiger partial charge in [0.15, 0.2) is 0 Å². The summed E-state index contributed by atoms with van der Waals surface area (Å²) in [7, 11) is 0. The second-order valence-electron chi connectivity index (χ2n) is 5.09. The van der Waals surface area contributed by atoms with E-state index in [9.17, 15) is 4.79 Å². The topological polar surface area (TPSA) is 29.5 Å². The molecule has 1 amide bonds. The van der Waals surface area contributed by atoms with Crippen LogP contribution in [-0.2, 0) is 4.74 Å². The average molecular weight is 231 g/mol. The molecule has 0 N–H and O–H groups in total. The van der Waals surface area contributed by atoms with E-state index >= 15 is 0 Å². The molecule has 3 heteroatoms. The SMILES string of the molecule is CC(C)(C)OC(=O)N1C=c2ccccc2=CC1. The summed E-state index contributed by atoms with van der Waals surface area (Å²) in [5.74, 6) is 0. The van der Waals surface area contributed by atoms with Gasteiger partial charge in [0, 0.05) is 12.7 Å². The predicted molar refractivity (Wildman–Crippen MR) is 67.6 cm³/mol. The van der Waals surface area contributed by atoms with Gasteiger partial charge in [-0.15, -0.1) is 0 Å². The van der Waals surface area contributed by atoms with Crippen molar-refractivity contribution in [2.45, 2.75) is 26.4 Å². The van der Waals surface area contributed by atoms with Gasteiger partial charge in [0.2, 0.25) is 0 Å². The second-order valence-corrected chi connectivity index (χ2v) is 5.09. The van der Waals surface area contributed by atoms with E-state index in [0.29, 0.717) is 6.54 Å². The first-order chi connectivity index (χ1) is 7.96. The molecule has 1 aromatic rings.